The number of nitrogens with zero attached hydrogens (tertiary/aromatic N) is 8. The van der Waals surface area contributed by atoms with E-state index < -0.39 is 0 Å². The van der Waals surface area contributed by atoms with Crippen LogP contribution in [0.1, 0.15) is 0 Å². The molecule has 18 aromatic rings. The molecule has 0 bridgehead atoms. The van der Waals surface area contributed by atoms with Crippen LogP contribution in [-0.2, 0) is 0 Å². The smallest absolute Gasteiger partial charge is 0.271 e. The summed E-state index contributed by atoms with van der Waals surface area (Å²) in [5.74, 6) is 0.844. The van der Waals surface area contributed by atoms with Gasteiger partial charge in [0.15, 0.2) is 0 Å². The van der Waals surface area contributed by atoms with Gasteiger partial charge in [0, 0.05) is 136 Å². The van der Waals surface area contributed by atoms with Gasteiger partial charge in [-0.05, 0) is 207 Å². The Morgan fingerprint density at radius 1 is 0.218 bits per heavy atom. The molecule has 0 unspecified atom stereocenters. The van der Waals surface area contributed by atoms with Gasteiger partial charge >= 0.3 is 0 Å². The summed E-state index contributed by atoms with van der Waals surface area (Å²) < 4.78 is 5.43. The van der Waals surface area contributed by atoms with Crippen LogP contribution in [0.25, 0.3) is 65.7 Å². The third kappa shape index (κ3) is 17.3. The van der Waals surface area contributed by atoms with Gasteiger partial charge in [-0.15, -0.1) is 0 Å². The van der Waals surface area contributed by atoms with Crippen molar-refractivity contribution in [3.8, 4) is 39.1 Å². The zero-order valence-corrected chi connectivity index (χ0v) is 66.2. The number of rotatable bonds is 21. The number of benzene rings is 18. The van der Waals surface area contributed by atoms with E-state index >= 15 is 0 Å². The first-order chi connectivity index (χ1) is 58.4. The van der Waals surface area contributed by atoms with Crippen molar-refractivity contribution >= 4 is 129 Å². The average molecular weight is 1550 g/mol. The second kappa shape index (κ2) is 35.7. The van der Waals surface area contributed by atoms with Crippen LogP contribution >= 0.6 is 0 Å². The van der Waals surface area contributed by atoms with Crippen molar-refractivity contribution in [2.45, 2.75) is 0 Å². The monoisotopic (exact) mass is 1550 g/mol. The van der Waals surface area contributed by atoms with Crippen molar-refractivity contribution in [1.29, 1.82) is 0 Å². The third-order valence-corrected chi connectivity index (χ3v) is 21.5. The lowest BCUT2D eigenvalue weighted by Crippen LogP contribution is -2.12. The molecule has 0 N–H and O–H groups in total. The fourth-order valence-corrected chi connectivity index (χ4v) is 15.1. The molecule has 13 heteroatoms. The molecule has 0 aliphatic heterocycles. The summed E-state index contributed by atoms with van der Waals surface area (Å²) in [7, 11) is 7.65. The third-order valence-electron chi connectivity index (χ3n) is 21.5. The summed E-state index contributed by atoms with van der Waals surface area (Å²) in [5, 5.41) is 29.4. The number of ether oxygens (including phenoxy) is 1. The summed E-state index contributed by atoms with van der Waals surface area (Å²) in [6, 6.07) is 149. The Balaban J connectivity index is 0.000000133. The molecular formula is C106H84N8O5. The van der Waals surface area contributed by atoms with Crippen LogP contribution in [0.5, 0.6) is 5.75 Å². The molecule has 119 heavy (non-hydrogen) atoms. The maximum atomic E-state index is 11.3. The van der Waals surface area contributed by atoms with Crippen LogP contribution in [-0.4, -0.2) is 38.1 Å². The molecule has 0 aliphatic rings. The molecule has 13 nitrogen and oxygen atoms in total. The Kier molecular flexibility index (Phi) is 23.1. The number of fused-ring (bicyclic) bond motifs is 3. The molecule has 0 spiro atoms. The number of hydrogen-bond donors (Lipinski definition) is 0. The van der Waals surface area contributed by atoms with E-state index in [4.69, 9.17) is 4.74 Å². The largest absolute Gasteiger partial charge is 0.497 e. The van der Waals surface area contributed by atoms with Crippen molar-refractivity contribution in [2.75, 3.05) is 57.7 Å². The molecule has 0 aliphatic carbocycles. The highest BCUT2D eigenvalue weighted by molar-refractivity contribution is 6.02. The van der Waals surface area contributed by atoms with Crippen molar-refractivity contribution in [2.24, 2.45) is 0 Å². The topological polar surface area (TPSA) is 115 Å². The number of nitro benzene ring substituents is 2. The predicted octanol–water partition coefficient (Wildman–Crippen LogP) is 29.1. The van der Waals surface area contributed by atoms with E-state index in [9.17, 15) is 20.2 Å². The van der Waals surface area contributed by atoms with Gasteiger partial charge in [-0.25, -0.2) is 0 Å². The quantitative estimate of drug-likeness (QED) is 0.0506. The molecule has 0 aromatic heterocycles. The van der Waals surface area contributed by atoms with E-state index in [0.717, 1.165) is 102 Å². The molecule has 18 rings (SSSR count). The zero-order chi connectivity index (χ0) is 81.6. The number of nitro groups is 2. The van der Waals surface area contributed by atoms with Gasteiger partial charge in [0.1, 0.15) is 5.75 Å². The molecule has 0 heterocycles. The predicted molar refractivity (Wildman–Crippen MR) is 496 cm³/mol. The second-order valence-electron chi connectivity index (χ2n) is 28.7. The van der Waals surface area contributed by atoms with Gasteiger partial charge in [0.25, 0.3) is 11.4 Å². The number of hydrogen-bond acceptors (Lipinski definition) is 11. The van der Waals surface area contributed by atoms with E-state index in [0.29, 0.717) is 0 Å². The molecule has 0 saturated carbocycles. The molecule has 0 amide bonds. The summed E-state index contributed by atoms with van der Waals surface area (Å²) in [6.45, 7) is 0. The molecule has 0 fully saturated rings. The average Bonchev–Trinajstić information content (AvgIpc) is 0.783. The Morgan fingerprint density at radius 3 is 0.782 bits per heavy atom. The van der Waals surface area contributed by atoms with E-state index in [2.05, 4.69) is 372 Å². The normalized spacial score (nSPS) is 10.8. The minimum absolute atomic E-state index is 0.0713. The lowest BCUT2D eigenvalue weighted by molar-refractivity contribution is -0.385. The van der Waals surface area contributed by atoms with Crippen molar-refractivity contribution < 1.29 is 14.6 Å². The molecule has 0 saturated heterocycles. The molecule has 0 atom stereocenters. The fraction of sp³-hybridized carbons (Fsp3) is 0.0377. The fourth-order valence-electron chi connectivity index (χ4n) is 15.1. The summed E-state index contributed by atoms with van der Waals surface area (Å²) in [4.78, 5) is 34.6. The Bertz CT molecular complexity index is 6490. The highest BCUT2D eigenvalue weighted by Gasteiger charge is 2.22. The highest BCUT2D eigenvalue weighted by atomic mass is 16.6. The van der Waals surface area contributed by atoms with Crippen LogP contribution in [0.3, 0.4) is 0 Å². The van der Waals surface area contributed by atoms with Crippen molar-refractivity contribution in [1.82, 2.24) is 0 Å². The lowest BCUT2D eigenvalue weighted by Gasteiger charge is -2.28. The van der Waals surface area contributed by atoms with E-state index in [-0.39, 0.29) is 21.2 Å². The minimum Gasteiger partial charge on any atom is -0.497 e. The van der Waals surface area contributed by atoms with E-state index in [1.807, 2.05) is 72.4 Å². The summed E-state index contributed by atoms with van der Waals surface area (Å²) in [6.07, 6.45) is 0. The standard InChI is InChI=1S/C36H30N2O.2C35H27N3O2/c1-37(33-14-9-15-34(26-33)39-2)30-22-24-32(25-23-30)38(36-17-8-13-29-12-6-7-16-35(29)36)31-20-18-28(19-21-31)27-10-4-3-5-11-27;1-36(32-13-8-14-33(25-32)38(39)40)29-21-23-31(24-22-29)37(35-16-7-12-28-11-5-6-15-34(28)35)30-19-17-27(18-20-30)26-9-3-2-4-10-26;1-36(30-20-24-33(25-21-30)38(39)40)29-18-22-32(23-19-29)37(35-13-7-11-28-10-5-6-12-34(28)35)31-16-14-27(15-17-31)26-8-3-2-4-9-26/h3-26H,1-2H3;2*2-25H,1H3. The Labute approximate surface area is 693 Å². The van der Waals surface area contributed by atoms with Gasteiger partial charge in [0.2, 0.25) is 0 Å². The summed E-state index contributed by atoms with van der Waals surface area (Å²) in [5.41, 5.74) is 22.7. The minimum atomic E-state index is -0.382. The maximum absolute atomic E-state index is 11.3. The van der Waals surface area contributed by atoms with Gasteiger partial charge < -0.3 is 34.1 Å². The zero-order valence-electron chi connectivity index (χ0n) is 66.2. The Hall–Kier alpha value is -15.9. The lowest BCUT2D eigenvalue weighted by atomic mass is 10.0. The van der Waals surface area contributed by atoms with Crippen LogP contribution < -0.4 is 34.1 Å². The van der Waals surface area contributed by atoms with E-state index in [1.54, 1.807) is 31.4 Å². The number of non-ortho nitro benzene ring substituents is 2. The molecule has 18 aromatic carbocycles. The number of anilines is 15. The van der Waals surface area contributed by atoms with Crippen molar-refractivity contribution in [3.05, 3.63) is 457 Å². The summed E-state index contributed by atoms with van der Waals surface area (Å²) >= 11 is 0. The number of methoxy groups -OCH3 is 1. The van der Waals surface area contributed by atoms with Gasteiger partial charge in [-0.2, -0.15) is 0 Å². The van der Waals surface area contributed by atoms with Gasteiger partial charge in [0.05, 0.1) is 34.0 Å². The second-order valence-corrected chi connectivity index (χ2v) is 28.7. The van der Waals surface area contributed by atoms with Crippen LogP contribution in [0, 0.1) is 20.2 Å². The van der Waals surface area contributed by atoms with Gasteiger partial charge in [-0.3, -0.25) is 20.2 Å². The molecular weight excluding hydrogens is 1470 g/mol. The highest BCUT2D eigenvalue weighted by Crippen LogP contribution is 2.45. The van der Waals surface area contributed by atoms with E-state index in [1.165, 1.54) is 72.9 Å². The van der Waals surface area contributed by atoms with Crippen LogP contribution in [0.2, 0.25) is 0 Å². The van der Waals surface area contributed by atoms with Gasteiger partial charge in [-0.1, -0.05) is 249 Å². The first-order valence-corrected chi connectivity index (χ1v) is 39.3. The molecule has 0 radical (unpaired) electrons. The van der Waals surface area contributed by atoms with Crippen LogP contribution in [0.15, 0.2) is 437 Å². The van der Waals surface area contributed by atoms with Crippen molar-refractivity contribution in [3.63, 3.8) is 0 Å². The SMILES string of the molecule is CN(c1ccc(N(c2ccc(-c3ccccc3)cc2)c2cccc3ccccc23)cc1)c1ccc([N+](=O)[O-])cc1.CN(c1ccc(N(c2ccc(-c3ccccc3)cc2)c2cccc3ccccc23)cc1)c1cccc([N+](=O)[O-])c1.COc1cccc(N(C)c2ccc(N(c3ccc(-c4ccccc4)cc3)c3cccc4ccccc34)cc2)c1. The first kappa shape index (κ1) is 77.1. The molecule has 578 valence electrons. The maximum Gasteiger partial charge on any atom is 0.271 e. The first-order valence-electron chi connectivity index (χ1n) is 39.3. The Morgan fingerprint density at radius 2 is 0.462 bits per heavy atom. The van der Waals surface area contributed by atoms with Crippen LogP contribution in [0.4, 0.5) is 96.7 Å².